The van der Waals surface area contributed by atoms with Crippen molar-refractivity contribution in [2.24, 2.45) is 5.92 Å². The summed E-state index contributed by atoms with van der Waals surface area (Å²) in [5, 5.41) is 0. The van der Waals surface area contributed by atoms with Crippen molar-refractivity contribution in [3.05, 3.63) is 29.8 Å². The van der Waals surface area contributed by atoms with Crippen LogP contribution in [0.15, 0.2) is 24.3 Å². The highest BCUT2D eigenvalue weighted by Crippen LogP contribution is 2.20. The average molecular weight is 405 g/mol. The highest BCUT2D eigenvalue weighted by Gasteiger charge is 2.08. The molecule has 1 aromatic carbocycles. The Morgan fingerprint density at radius 1 is 0.862 bits per heavy atom. The second-order valence-corrected chi connectivity index (χ2v) is 8.21. The molecule has 0 spiro atoms. The Kier molecular flexibility index (Phi) is 13.9. The first-order chi connectivity index (χ1) is 14.0. The molecule has 0 fully saturated rings. The summed E-state index contributed by atoms with van der Waals surface area (Å²) in [6.45, 7) is 7.03. The van der Waals surface area contributed by atoms with Gasteiger partial charge in [0.1, 0.15) is 5.75 Å². The van der Waals surface area contributed by atoms with Crippen molar-refractivity contribution in [2.75, 3.05) is 6.61 Å². The number of esters is 2. The maximum absolute atomic E-state index is 12.1. The highest BCUT2D eigenvalue weighted by molar-refractivity contribution is 5.72. The van der Waals surface area contributed by atoms with Crippen LogP contribution in [0.25, 0.3) is 0 Å². The van der Waals surface area contributed by atoms with Gasteiger partial charge in [0.2, 0.25) is 0 Å². The maximum Gasteiger partial charge on any atom is 0.311 e. The molecule has 4 heteroatoms. The first-order valence-electron chi connectivity index (χ1n) is 11.5. The van der Waals surface area contributed by atoms with Crippen molar-refractivity contribution < 1.29 is 19.1 Å². The molecule has 0 amide bonds. The lowest BCUT2D eigenvalue weighted by Crippen LogP contribution is -2.09. The Bertz CT molecular complexity index is 580. The summed E-state index contributed by atoms with van der Waals surface area (Å²) >= 11 is 0. The second kappa shape index (κ2) is 16.0. The molecule has 29 heavy (non-hydrogen) atoms. The summed E-state index contributed by atoms with van der Waals surface area (Å²) in [7, 11) is 0. The van der Waals surface area contributed by atoms with E-state index in [9.17, 15) is 9.59 Å². The largest absolute Gasteiger partial charge is 0.466 e. The molecule has 0 heterocycles. The van der Waals surface area contributed by atoms with E-state index >= 15 is 0 Å². The zero-order valence-corrected chi connectivity index (χ0v) is 18.7. The van der Waals surface area contributed by atoms with Gasteiger partial charge >= 0.3 is 11.9 Å². The fourth-order valence-corrected chi connectivity index (χ4v) is 3.25. The fraction of sp³-hybridized carbons (Fsp3) is 0.680. The van der Waals surface area contributed by atoms with E-state index in [0.717, 1.165) is 69.8 Å². The number of rotatable bonds is 16. The minimum absolute atomic E-state index is 0.0696. The molecule has 0 bridgehead atoms. The molecular formula is C25H40O4. The lowest BCUT2D eigenvalue weighted by molar-refractivity contribution is -0.144. The smallest absolute Gasteiger partial charge is 0.311 e. The summed E-state index contributed by atoms with van der Waals surface area (Å²) in [4.78, 5) is 23.7. The summed E-state index contributed by atoms with van der Waals surface area (Å²) in [5.74, 6) is 1.15. The number of hydrogen-bond acceptors (Lipinski definition) is 4. The van der Waals surface area contributed by atoms with E-state index in [0.29, 0.717) is 31.1 Å². The van der Waals surface area contributed by atoms with Crippen LogP contribution in [0.3, 0.4) is 0 Å². The Labute approximate surface area is 177 Å². The Hall–Kier alpha value is -1.84. The molecule has 4 nitrogen and oxygen atoms in total. The van der Waals surface area contributed by atoms with E-state index in [4.69, 9.17) is 9.47 Å². The van der Waals surface area contributed by atoms with Crippen LogP contribution < -0.4 is 4.74 Å². The number of hydrogen-bond donors (Lipinski definition) is 0. The van der Waals surface area contributed by atoms with Crippen LogP contribution in [0.4, 0.5) is 0 Å². The van der Waals surface area contributed by atoms with E-state index in [2.05, 4.69) is 20.8 Å². The summed E-state index contributed by atoms with van der Waals surface area (Å²) in [6, 6.07) is 7.78. The van der Waals surface area contributed by atoms with Gasteiger partial charge in [0.05, 0.1) is 6.61 Å². The normalized spacial score (nSPS) is 10.9. The van der Waals surface area contributed by atoms with Gasteiger partial charge < -0.3 is 9.47 Å². The maximum atomic E-state index is 12.1. The van der Waals surface area contributed by atoms with Gasteiger partial charge in [0, 0.05) is 12.8 Å². The molecule has 0 N–H and O–H groups in total. The van der Waals surface area contributed by atoms with Crippen molar-refractivity contribution in [3.63, 3.8) is 0 Å². The predicted octanol–water partition coefficient (Wildman–Crippen LogP) is 6.64. The zero-order chi connectivity index (χ0) is 21.3. The number of carbonyl (C=O) groups excluding carboxylic acids is 2. The molecule has 0 aliphatic rings. The van der Waals surface area contributed by atoms with Crippen LogP contribution in [0.5, 0.6) is 5.75 Å². The Morgan fingerprint density at radius 2 is 1.48 bits per heavy atom. The van der Waals surface area contributed by atoms with Gasteiger partial charge in [-0.3, -0.25) is 9.59 Å². The number of carbonyl (C=O) groups is 2. The first-order valence-corrected chi connectivity index (χ1v) is 11.5. The summed E-state index contributed by atoms with van der Waals surface area (Å²) < 4.78 is 10.8. The van der Waals surface area contributed by atoms with E-state index < -0.39 is 0 Å². The topological polar surface area (TPSA) is 52.6 Å². The highest BCUT2D eigenvalue weighted by atomic mass is 16.5. The summed E-state index contributed by atoms with van der Waals surface area (Å²) in [6.07, 6.45) is 11.0. The van der Waals surface area contributed by atoms with Crippen LogP contribution in [-0.2, 0) is 20.7 Å². The third-order valence-corrected chi connectivity index (χ3v) is 4.92. The first kappa shape index (κ1) is 25.2. The molecule has 0 radical (unpaired) electrons. The van der Waals surface area contributed by atoms with Crippen LogP contribution in [0, 0.1) is 5.92 Å². The molecule has 0 aromatic heterocycles. The molecular weight excluding hydrogens is 364 g/mol. The Morgan fingerprint density at radius 3 is 2.14 bits per heavy atom. The third kappa shape index (κ3) is 13.1. The number of ether oxygens (including phenoxy) is 2. The molecule has 0 saturated heterocycles. The molecule has 0 aliphatic heterocycles. The van der Waals surface area contributed by atoms with Gasteiger partial charge in [-0.1, -0.05) is 71.1 Å². The molecule has 1 aromatic rings. The molecule has 0 atom stereocenters. The van der Waals surface area contributed by atoms with Gasteiger partial charge in [-0.15, -0.1) is 0 Å². The molecule has 164 valence electrons. The monoisotopic (exact) mass is 404 g/mol. The van der Waals surface area contributed by atoms with Crippen molar-refractivity contribution in [3.8, 4) is 5.75 Å². The average Bonchev–Trinajstić information content (AvgIpc) is 2.69. The van der Waals surface area contributed by atoms with E-state index in [1.807, 2.05) is 24.3 Å². The van der Waals surface area contributed by atoms with Gasteiger partial charge in [-0.05, 0) is 49.7 Å². The molecule has 0 unspecified atom stereocenters. The zero-order valence-electron chi connectivity index (χ0n) is 18.7. The number of benzene rings is 1. The van der Waals surface area contributed by atoms with Crippen molar-refractivity contribution in [1.29, 1.82) is 0 Å². The van der Waals surface area contributed by atoms with Gasteiger partial charge in [-0.2, -0.15) is 0 Å². The van der Waals surface area contributed by atoms with Gasteiger partial charge in [0.15, 0.2) is 0 Å². The predicted molar refractivity (Wildman–Crippen MR) is 118 cm³/mol. The van der Waals surface area contributed by atoms with E-state index in [-0.39, 0.29) is 11.9 Å². The van der Waals surface area contributed by atoms with Crippen LogP contribution in [0.2, 0.25) is 0 Å². The molecule has 0 saturated carbocycles. The second-order valence-electron chi connectivity index (χ2n) is 8.21. The van der Waals surface area contributed by atoms with E-state index in [1.165, 1.54) is 0 Å². The van der Waals surface area contributed by atoms with Crippen LogP contribution >= 0.6 is 0 Å². The SMILES string of the molecule is CCCc1ccccc1OC(=O)CCCCCCCCC(=O)OCCCC(C)C. The lowest BCUT2D eigenvalue weighted by atomic mass is 10.1. The lowest BCUT2D eigenvalue weighted by Gasteiger charge is -2.09. The van der Waals surface area contributed by atoms with Crippen molar-refractivity contribution in [2.45, 2.75) is 97.8 Å². The fourth-order valence-electron chi connectivity index (χ4n) is 3.25. The quantitative estimate of drug-likeness (QED) is 0.176. The molecule has 0 aliphatic carbocycles. The van der Waals surface area contributed by atoms with Gasteiger partial charge in [0.25, 0.3) is 0 Å². The Balaban J connectivity index is 2.00. The number of unbranched alkanes of at least 4 members (excludes halogenated alkanes) is 5. The number of aryl methyl sites for hydroxylation is 1. The molecule has 1 rings (SSSR count). The standard InChI is InChI=1S/C25H40O4/c1-4-14-22-16-11-12-17-23(22)29-25(27)19-10-8-6-5-7-9-18-24(26)28-20-13-15-21(2)3/h11-12,16-17,21H,4-10,13-15,18-20H2,1-3H3. The minimum Gasteiger partial charge on any atom is -0.466 e. The summed E-state index contributed by atoms with van der Waals surface area (Å²) in [5.41, 5.74) is 1.10. The van der Waals surface area contributed by atoms with Crippen LogP contribution in [-0.4, -0.2) is 18.5 Å². The van der Waals surface area contributed by atoms with Crippen molar-refractivity contribution in [1.82, 2.24) is 0 Å². The number of para-hydroxylation sites is 1. The van der Waals surface area contributed by atoms with Crippen LogP contribution in [0.1, 0.15) is 97.0 Å². The minimum atomic E-state index is -0.145. The van der Waals surface area contributed by atoms with Crippen molar-refractivity contribution >= 4 is 11.9 Å². The van der Waals surface area contributed by atoms with E-state index in [1.54, 1.807) is 0 Å². The third-order valence-electron chi connectivity index (χ3n) is 4.92. The van der Waals surface area contributed by atoms with Gasteiger partial charge in [-0.25, -0.2) is 0 Å².